The molecule has 0 unspecified atom stereocenters. The number of nitrogens with one attached hydrogen (secondary N) is 1. The van der Waals surface area contributed by atoms with E-state index in [9.17, 15) is 19.2 Å². The van der Waals surface area contributed by atoms with Crippen LogP contribution in [0.5, 0.6) is 0 Å². The minimum absolute atomic E-state index is 0.00198. The molecule has 0 saturated carbocycles. The molecular formula is C24H27ClN4O7. The summed E-state index contributed by atoms with van der Waals surface area (Å²) in [6.07, 6.45) is -1.25. The number of aliphatic carboxylic acids is 1. The number of piperazine rings is 1. The van der Waals surface area contributed by atoms with Gasteiger partial charge in [0.1, 0.15) is 11.7 Å². The maximum atomic E-state index is 13.2. The zero-order chi connectivity index (χ0) is 26.1. The number of carboxylic acids is 1. The zero-order valence-corrected chi connectivity index (χ0v) is 20.4. The molecule has 1 saturated heterocycles. The Morgan fingerprint density at radius 3 is 2.44 bits per heavy atom. The highest BCUT2D eigenvalue weighted by molar-refractivity contribution is 6.31. The first-order valence-corrected chi connectivity index (χ1v) is 11.8. The van der Waals surface area contributed by atoms with Crippen LogP contribution in [0.3, 0.4) is 0 Å². The van der Waals surface area contributed by atoms with Gasteiger partial charge in [-0.1, -0.05) is 41.9 Å². The molecule has 3 rings (SSSR count). The predicted molar refractivity (Wildman–Crippen MR) is 129 cm³/mol. The van der Waals surface area contributed by atoms with E-state index >= 15 is 0 Å². The number of nitrogens with zero attached hydrogens (tertiary/aromatic N) is 3. The second kappa shape index (κ2) is 12.8. The summed E-state index contributed by atoms with van der Waals surface area (Å²) >= 11 is 6.21. The lowest BCUT2D eigenvalue weighted by Crippen LogP contribution is -2.55. The van der Waals surface area contributed by atoms with Gasteiger partial charge in [0.25, 0.3) is 5.91 Å². The van der Waals surface area contributed by atoms with Gasteiger partial charge in [0.05, 0.1) is 25.4 Å². The Morgan fingerprint density at radius 1 is 1.11 bits per heavy atom. The normalized spacial score (nSPS) is 14.6. The Balaban J connectivity index is 1.69. The molecule has 0 radical (unpaired) electrons. The van der Waals surface area contributed by atoms with Crippen LogP contribution in [0.25, 0.3) is 11.3 Å². The fourth-order valence-electron chi connectivity index (χ4n) is 3.60. The van der Waals surface area contributed by atoms with Crippen molar-refractivity contribution in [2.75, 3.05) is 32.8 Å². The van der Waals surface area contributed by atoms with Crippen LogP contribution in [0.2, 0.25) is 5.02 Å². The Kier molecular flexibility index (Phi) is 9.60. The zero-order valence-electron chi connectivity index (χ0n) is 19.7. The number of pyridine rings is 1. The Morgan fingerprint density at radius 2 is 1.81 bits per heavy atom. The van der Waals surface area contributed by atoms with Gasteiger partial charge < -0.3 is 24.9 Å². The number of carboxylic acid groups (broad SMARTS) is 1. The standard InChI is InChI=1S/C24H27ClN4O7/c1-2-35-24(34)36-29-12-10-28(11-13-29)23(33)18(8-9-21(30)31)27-22(32)20-15-17(25)14-19(26-20)16-6-4-3-5-7-16/h3-7,14-15,18H,2,8-13H2,1H3,(H,27,32)(H,30,31)/t18-/m0/s1. The quantitative estimate of drug-likeness (QED) is 0.479. The van der Waals surface area contributed by atoms with E-state index in [1.165, 1.54) is 16.0 Å². The molecule has 1 fully saturated rings. The Labute approximate surface area is 212 Å². The van der Waals surface area contributed by atoms with Crippen molar-refractivity contribution in [2.45, 2.75) is 25.8 Å². The van der Waals surface area contributed by atoms with E-state index in [1.807, 2.05) is 30.3 Å². The van der Waals surface area contributed by atoms with Gasteiger partial charge in [-0.05, 0) is 25.5 Å². The molecule has 1 aliphatic rings. The number of amides is 2. The van der Waals surface area contributed by atoms with Crippen LogP contribution in [0.1, 0.15) is 30.3 Å². The number of carbonyl (C=O) groups is 4. The van der Waals surface area contributed by atoms with E-state index in [0.29, 0.717) is 10.7 Å². The molecule has 0 aliphatic carbocycles. The van der Waals surface area contributed by atoms with E-state index in [0.717, 1.165) is 5.56 Å². The molecule has 12 heteroatoms. The van der Waals surface area contributed by atoms with Gasteiger partial charge >= 0.3 is 12.1 Å². The lowest BCUT2D eigenvalue weighted by atomic mass is 10.1. The summed E-state index contributed by atoms with van der Waals surface area (Å²) in [5.74, 6) is -2.18. The summed E-state index contributed by atoms with van der Waals surface area (Å²) in [6, 6.07) is 11.1. The summed E-state index contributed by atoms with van der Waals surface area (Å²) in [7, 11) is 0. The van der Waals surface area contributed by atoms with Crippen LogP contribution in [0.15, 0.2) is 42.5 Å². The summed E-state index contributed by atoms with van der Waals surface area (Å²) in [4.78, 5) is 59.8. The third-order valence-corrected chi connectivity index (χ3v) is 5.58. The number of rotatable bonds is 9. The Bertz CT molecular complexity index is 1090. The van der Waals surface area contributed by atoms with E-state index in [1.54, 1.807) is 13.0 Å². The van der Waals surface area contributed by atoms with Crippen LogP contribution in [-0.4, -0.2) is 82.8 Å². The highest BCUT2D eigenvalue weighted by Crippen LogP contribution is 2.22. The summed E-state index contributed by atoms with van der Waals surface area (Å²) in [5.41, 5.74) is 1.25. The van der Waals surface area contributed by atoms with E-state index in [2.05, 4.69) is 10.3 Å². The SMILES string of the molecule is CCOC(=O)ON1CCN(C(=O)[C@H](CCC(=O)O)NC(=O)c2cc(Cl)cc(-c3ccccc3)n2)CC1. The van der Waals surface area contributed by atoms with Crippen molar-refractivity contribution in [1.29, 1.82) is 0 Å². The van der Waals surface area contributed by atoms with Crippen molar-refractivity contribution in [2.24, 2.45) is 0 Å². The molecular weight excluding hydrogens is 492 g/mol. The molecule has 1 aliphatic heterocycles. The van der Waals surface area contributed by atoms with Crippen molar-refractivity contribution >= 4 is 35.5 Å². The van der Waals surface area contributed by atoms with Gasteiger partial charge in [-0.2, -0.15) is 0 Å². The first-order valence-electron chi connectivity index (χ1n) is 11.4. The minimum atomic E-state index is -1.10. The monoisotopic (exact) mass is 518 g/mol. The Hall–Kier alpha value is -3.70. The topological polar surface area (TPSA) is 138 Å². The summed E-state index contributed by atoms with van der Waals surface area (Å²) in [5, 5.41) is 13.4. The molecule has 0 spiro atoms. The van der Waals surface area contributed by atoms with Crippen molar-refractivity contribution < 1.29 is 33.9 Å². The van der Waals surface area contributed by atoms with Gasteiger partial charge in [0.2, 0.25) is 5.91 Å². The second-order valence-corrected chi connectivity index (χ2v) is 8.35. The third-order valence-electron chi connectivity index (χ3n) is 5.36. The maximum Gasteiger partial charge on any atom is 0.527 e. The number of ether oxygens (including phenoxy) is 1. The lowest BCUT2D eigenvalue weighted by molar-refractivity contribution is -0.157. The van der Waals surface area contributed by atoms with Gasteiger partial charge in [-0.25, -0.2) is 9.78 Å². The molecule has 2 aromatic rings. The van der Waals surface area contributed by atoms with Crippen LogP contribution < -0.4 is 5.32 Å². The van der Waals surface area contributed by atoms with E-state index in [-0.39, 0.29) is 51.3 Å². The highest BCUT2D eigenvalue weighted by Gasteiger charge is 2.31. The van der Waals surface area contributed by atoms with E-state index in [4.69, 9.17) is 26.3 Å². The molecule has 2 amide bonds. The van der Waals surface area contributed by atoms with Gasteiger partial charge in [0.15, 0.2) is 0 Å². The van der Waals surface area contributed by atoms with Gasteiger partial charge in [-0.15, -0.1) is 5.06 Å². The third kappa shape index (κ3) is 7.65. The maximum absolute atomic E-state index is 13.2. The average Bonchev–Trinajstić information content (AvgIpc) is 2.86. The molecule has 0 bridgehead atoms. The number of carbonyl (C=O) groups excluding carboxylic acids is 3. The smallest absolute Gasteiger partial charge is 0.481 e. The second-order valence-electron chi connectivity index (χ2n) is 7.91. The molecule has 11 nitrogen and oxygen atoms in total. The first-order chi connectivity index (χ1) is 17.3. The van der Waals surface area contributed by atoms with Crippen molar-refractivity contribution in [3.8, 4) is 11.3 Å². The van der Waals surface area contributed by atoms with Gasteiger partial charge in [0, 0.05) is 30.1 Å². The fourth-order valence-corrected chi connectivity index (χ4v) is 3.80. The summed E-state index contributed by atoms with van der Waals surface area (Å²) in [6.45, 7) is 2.73. The number of halogens is 1. The number of benzene rings is 1. The molecule has 1 atom stereocenters. The molecule has 2 heterocycles. The summed E-state index contributed by atoms with van der Waals surface area (Å²) < 4.78 is 4.74. The van der Waals surface area contributed by atoms with Crippen LogP contribution >= 0.6 is 11.6 Å². The number of aromatic nitrogens is 1. The van der Waals surface area contributed by atoms with Crippen molar-refractivity contribution in [3.63, 3.8) is 0 Å². The highest BCUT2D eigenvalue weighted by atomic mass is 35.5. The number of hydrogen-bond acceptors (Lipinski definition) is 8. The largest absolute Gasteiger partial charge is 0.527 e. The molecule has 2 N–H and O–H groups in total. The average molecular weight is 519 g/mol. The van der Waals surface area contributed by atoms with Crippen LogP contribution in [0.4, 0.5) is 4.79 Å². The van der Waals surface area contributed by atoms with Crippen molar-refractivity contribution in [1.82, 2.24) is 20.3 Å². The first kappa shape index (κ1) is 26.9. The number of hydroxylamine groups is 2. The van der Waals surface area contributed by atoms with Crippen LogP contribution in [-0.2, 0) is 19.2 Å². The minimum Gasteiger partial charge on any atom is -0.481 e. The predicted octanol–water partition coefficient (Wildman–Crippen LogP) is 2.60. The molecule has 1 aromatic heterocycles. The molecule has 192 valence electrons. The lowest BCUT2D eigenvalue weighted by Gasteiger charge is -2.35. The van der Waals surface area contributed by atoms with Gasteiger partial charge in [-0.3, -0.25) is 14.4 Å². The van der Waals surface area contributed by atoms with E-state index < -0.39 is 30.0 Å². The fraction of sp³-hybridized carbons (Fsp3) is 0.375. The van der Waals surface area contributed by atoms with Crippen LogP contribution in [0, 0.1) is 0 Å². The van der Waals surface area contributed by atoms with Crippen molar-refractivity contribution in [3.05, 3.63) is 53.2 Å². The molecule has 1 aromatic carbocycles. The molecule has 36 heavy (non-hydrogen) atoms. The number of hydrogen-bond donors (Lipinski definition) is 2.